The molecular formula is C33H41N9O2S. The number of thiocarbonyl (C=S) groups is 1. The van der Waals surface area contributed by atoms with Gasteiger partial charge in [0.2, 0.25) is 0 Å². The molecule has 0 aromatic heterocycles. The fraction of sp³-hybridized carbons (Fsp3) is 0.303. The zero-order valence-corrected chi connectivity index (χ0v) is 26.7. The zero-order valence-electron chi connectivity index (χ0n) is 25.9. The van der Waals surface area contributed by atoms with Crippen LogP contribution < -0.4 is 37.2 Å². The van der Waals surface area contributed by atoms with Crippen molar-refractivity contribution in [3.63, 3.8) is 0 Å². The van der Waals surface area contributed by atoms with E-state index in [0.29, 0.717) is 34.3 Å². The SMILES string of the molecule is CCCNC(=O)c1cc(NC(=O)Nc2ccc(C3=NCCCN3)cc2)cc(NC(=S)Nc2ccc(C(=NC)NCCC)cc2)c1. The van der Waals surface area contributed by atoms with Crippen molar-refractivity contribution in [1.82, 2.24) is 16.0 Å². The molecule has 0 saturated carbocycles. The Morgan fingerprint density at radius 2 is 1.40 bits per heavy atom. The van der Waals surface area contributed by atoms with Crippen LogP contribution in [0, 0.1) is 0 Å². The Labute approximate surface area is 269 Å². The Kier molecular flexibility index (Phi) is 12.3. The Hall–Kier alpha value is -4.97. The molecule has 1 aliphatic rings. The summed E-state index contributed by atoms with van der Waals surface area (Å²) < 4.78 is 0. The van der Waals surface area contributed by atoms with Gasteiger partial charge in [0.15, 0.2) is 5.11 Å². The summed E-state index contributed by atoms with van der Waals surface area (Å²) in [7, 11) is 1.76. The number of amides is 3. The minimum atomic E-state index is -0.447. The lowest BCUT2D eigenvalue weighted by molar-refractivity contribution is 0.0953. The number of carbonyl (C=O) groups is 2. The number of rotatable bonds is 11. The van der Waals surface area contributed by atoms with E-state index >= 15 is 0 Å². The summed E-state index contributed by atoms with van der Waals surface area (Å²) in [5.41, 5.74) is 4.69. The highest BCUT2D eigenvalue weighted by molar-refractivity contribution is 7.80. The second-order valence-corrected chi connectivity index (χ2v) is 10.8. The molecule has 0 aliphatic carbocycles. The van der Waals surface area contributed by atoms with E-state index in [4.69, 9.17) is 12.2 Å². The normalized spacial score (nSPS) is 12.7. The van der Waals surface area contributed by atoms with Crippen LogP contribution in [0.25, 0.3) is 0 Å². The third-order valence-corrected chi connectivity index (χ3v) is 6.95. The number of urea groups is 1. The molecule has 0 fully saturated rings. The average Bonchev–Trinajstić information content (AvgIpc) is 3.05. The maximum atomic E-state index is 12.9. The van der Waals surface area contributed by atoms with Crippen LogP contribution in [-0.4, -0.2) is 61.9 Å². The quantitative estimate of drug-likeness (QED) is 0.0858. The van der Waals surface area contributed by atoms with Crippen molar-refractivity contribution in [2.24, 2.45) is 9.98 Å². The largest absolute Gasteiger partial charge is 0.370 e. The van der Waals surface area contributed by atoms with E-state index in [9.17, 15) is 9.59 Å². The van der Waals surface area contributed by atoms with Gasteiger partial charge in [-0.15, -0.1) is 0 Å². The maximum absolute atomic E-state index is 12.9. The van der Waals surface area contributed by atoms with Gasteiger partial charge in [-0.25, -0.2) is 4.79 Å². The molecule has 4 rings (SSSR count). The van der Waals surface area contributed by atoms with Crippen LogP contribution in [0.2, 0.25) is 0 Å². The Morgan fingerprint density at radius 3 is 2.04 bits per heavy atom. The summed E-state index contributed by atoms with van der Waals surface area (Å²) >= 11 is 5.57. The first-order valence-corrected chi connectivity index (χ1v) is 15.6. The zero-order chi connectivity index (χ0) is 32.0. The summed E-state index contributed by atoms with van der Waals surface area (Å²) in [6, 6.07) is 19.8. The lowest BCUT2D eigenvalue weighted by Gasteiger charge is -2.16. The summed E-state index contributed by atoms with van der Waals surface area (Å²) in [5.74, 6) is 1.44. The first kappa shape index (κ1) is 32.9. The number of anilines is 4. The van der Waals surface area contributed by atoms with E-state index in [1.54, 1.807) is 25.2 Å². The van der Waals surface area contributed by atoms with Crippen LogP contribution in [-0.2, 0) is 0 Å². The van der Waals surface area contributed by atoms with Crippen LogP contribution in [0.3, 0.4) is 0 Å². The van der Waals surface area contributed by atoms with Gasteiger partial charge in [0, 0.05) is 72.7 Å². The highest BCUT2D eigenvalue weighted by Gasteiger charge is 2.13. The smallest absolute Gasteiger partial charge is 0.323 e. The van der Waals surface area contributed by atoms with Gasteiger partial charge in [-0.1, -0.05) is 13.8 Å². The molecule has 7 N–H and O–H groups in total. The van der Waals surface area contributed by atoms with Crippen molar-refractivity contribution in [3.8, 4) is 0 Å². The molecular weight excluding hydrogens is 586 g/mol. The molecule has 45 heavy (non-hydrogen) atoms. The van der Waals surface area contributed by atoms with Crippen molar-refractivity contribution in [3.05, 3.63) is 83.4 Å². The summed E-state index contributed by atoms with van der Waals surface area (Å²) in [6.45, 7) is 7.16. The van der Waals surface area contributed by atoms with E-state index < -0.39 is 6.03 Å². The minimum Gasteiger partial charge on any atom is -0.370 e. The Morgan fingerprint density at radius 1 is 0.800 bits per heavy atom. The monoisotopic (exact) mass is 627 g/mol. The lowest BCUT2D eigenvalue weighted by atomic mass is 10.1. The second kappa shape index (κ2) is 16.8. The number of aliphatic imine (C=N–C) groups is 2. The van der Waals surface area contributed by atoms with Crippen molar-refractivity contribution >= 4 is 63.7 Å². The molecule has 236 valence electrons. The number of carbonyl (C=O) groups excluding carboxylic acids is 2. The molecule has 11 nitrogen and oxygen atoms in total. The molecule has 3 aromatic carbocycles. The summed E-state index contributed by atoms with van der Waals surface area (Å²) in [6.07, 6.45) is 2.82. The third kappa shape index (κ3) is 10.0. The summed E-state index contributed by atoms with van der Waals surface area (Å²) in [4.78, 5) is 34.6. The van der Waals surface area contributed by atoms with Crippen LogP contribution in [0.4, 0.5) is 27.5 Å². The molecule has 0 spiro atoms. The van der Waals surface area contributed by atoms with Gasteiger partial charge in [0.25, 0.3) is 5.91 Å². The molecule has 0 bridgehead atoms. The van der Waals surface area contributed by atoms with E-state index in [0.717, 1.165) is 67.4 Å². The van der Waals surface area contributed by atoms with Crippen LogP contribution >= 0.6 is 12.2 Å². The molecule has 1 aliphatic heterocycles. The predicted molar refractivity (Wildman–Crippen MR) is 189 cm³/mol. The van der Waals surface area contributed by atoms with Gasteiger partial charge < -0.3 is 37.2 Å². The Balaban J connectivity index is 1.43. The number of benzene rings is 3. The molecule has 1 heterocycles. The van der Waals surface area contributed by atoms with Gasteiger partial charge in [-0.3, -0.25) is 14.8 Å². The number of hydrogen-bond acceptors (Lipinski definition) is 6. The van der Waals surface area contributed by atoms with Crippen molar-refractivity contribution < 1.29 is 9.59 Å². The third-order valence-electron chi connectivity index (χ3n) is 6.74. The van der Waals surface area contributed by atoms with Crippen LogP contribution in [0.15, 0.2) is 76.7 Å². The van der Waals surface area contributed by atoms with E-state index in [-0.39, 0.29) is 5.91 Å². The lowest BCUT2D eigenvalue weighted by Crippen LogP contribution is -2.30. The highest BCUT2D eigenvalue weighted by atomic mass is 32.1. The van der Waals surface area contributed by atoms with Gasteiger partial charge in [0.1, 0.15) is 11.7 Å². The molecule has 3 aromatic rings. The van der Waals surface area contributed by atoms with Crippen LogP contribution in [0.1, 0.15) is 54.6 Å². The molecule has 0 saturated heterocycles. The predicted octanol–water partition coefficient (Wildman–Crippen LogP) is 5.40. The van der Waals surface area contributed by atoms with E-state index in [1.165, 1.54) is 0 Å². The van der Waals surface area contributed by atoms with E-state index in [1.807, 2.05) is 55.5 Å². The fourth-order valence-corrected chi connectivity index (χ4v) is 4.77. The minimum absolute atomic E-state index is 0.252. The molecule has 12 heteroatoms. The van der Waals surface area contributed by atoms with Gasteiger partial charge in [0.05, 0.1) is 0 Å². The van der Waals surface area contributed by atoms with Crippen LogP contribution in [0.5, 0.6) is 0 Å². The van der Waals surface area contributed by atoms with Gasteiger partial charge >= 0.3 is 6.03 Å². The fourth-order valence-electron chi connectivity index (χ4n) is 4.53. The number of hydrogen-bond donors (Lipinski definition) is 7. The molecule has 0 unspecified atom stereocenters. The van der Waals surface area contributed by atoms with Crippen molar-refractivity contribution in [2.45, 2.75) is 33.1 Å². The van der Waals surface area contributed by atoms with E-state index in [2.05, 4.69) is 54.1 Å². The standard InChI is InChI=1S/C33H41N9O2S/c1-4-15-35-29(34-3)22-7-13-26(14-8-22)41-33(45)42-28-20-24(31(43)38-16-5-2)19-27(21-28)40-32(44)39-25-11-9-23(10-12-25)30-36-17-6-18-37-30/h7-14,19-21H,4-6,15-18H2,1-3H3,(H,34,35)(H,36,37)(H,38,43)(H2,39,40,44)(H2,41,42,45). The van der Waals surface area contributed by atoms with Crippen molar-refractivity contribution in [2.75, 3.05) is 54.5 Å². The second-order valence-electron chi connectivity index (χ2n) is 10.4. The summed E-state index contributed by atoms with van der Waals surface area (Å²) in [5, 5.41) is 21.8. The molecule has 3 amide bonds. The number of nitrogens with zero attached hydrogens (tertiary/aromatic N) is 2. The Bertz CT molecular complexity index is 1540. The topological polar surface area (TPSA) is 143 Å². The molecule has 0 radical (unpaired) electrons. The average molecular weight is 628 g/mol. The first-order valence-electron chi connectivity index (χ1n) is 15.2. The van der Waals surface area contributed by atoms with Gasteiger partial charge in [-0.2, -0.15) is 0 Å². The van der Waals surface area contributed by atoms with Gasteiger partial charge in [-0.05, 0) is 98.2 Å². The highest BCUT2D eigenvalue weighted by Crippen LogP contribution is 2.21. The molecule has 0 atom stereocenters. The maximum Gasteiger partial charge on any atom is 0.323 e. The van der Waals surface area contributed by atoms with Crippen molar-refractivity contribution in [1.29, 1.82) is 0 Å². The first-order chi connectivity index (χ1) is 21.9. The number of amidine groups is 2. The number of nitrogens with one attached hydrogen (secondary N) is 7.